The molecule has 0 N–H and O–H groups in total. The molecule has 28 heavy (non-hydrogen) atoms. The van der Waals surface area contributed by atoms with E-state index in [9.17, 15) is 9.59 Å². The average Bonchev–Trinajstić information content (AvgIpc) is 3.44. The molecule has 150 valence electrons. The molecular weight excluding hydrogens is 352 g/mol. The Labute approximate surface area is 166 Å². The molecule has 0 saturated heterocycles. The van der Waals surface area contributed by atoms with Crippen molar-refractivity contribution < 1.29 is 13.9 Å². The van der Waals surface area contributed by atoms with Crippen molar-refractivity contribution in [3.8, 4) is 11.3 Å². The highest BCUT2D eigenvalue weighted by Crippen LogP contribution is 2.57. The van der Waals surface area contributed by atoms with Crippen LogP contribution in [-0.4, -0.2) is 12.6 Å². The summed E-state index contributed by atoms with van der Waals surface area (Å²) in [5.74, 6) is 0.875. The first-order valence-electron chi connectivity index (χ1n) is 10.5. The fourth-order valence-corrected chi connectivity index (χ4v) is 4.03. The van der Waals surface area contributed by atoms with Gasteiger partial charge in [0.05, 0.1) is 6.61 Å². The molecule has 0 spiro atoms. The molecule has 4 heteroatoms. The largest absolute Gasteiger partial charge is 0.465 e. The first-order valence-corrected chi connectivity index (χ1v) is 10.5. The fourth-order valence-electron chi connectivity index (χ4n) is 4.03. The van der Waals surface area contributed by atoms with Crippen LogP contribution in [0.25, 0.3) is 11.3 Å². The van der Waals surface area contributed by atoms with Gasteiger partial charge < -0.3 is 9.15 Å². The summed E-state index contributed by atoms with van der Waals surface area (Å²) in [5.41, 5.74) is -0.111. The van der Waals surface area contributed by atoms with E-state index in [0.717, 1.165) is 18.4 Å². The van der Waals surface area contributed by atoms with Crippen molar-refractivity contribution in [1.29, 1.82) is 0 Å². The van der Waals surface area contributed by atoms with Crippen LogP contribution >= 0.6 is 0 Å². The lowest BCUT2D eigenvalue weighted by Crippen LogP contribution is -2.27. The predicted molar refractivity (Wildman–Crippen MR) is 110 cm³/mol. The van der Waals surface area contributed by atoms with Crippen LogP contribution in [0.3, 0.4) is 0 Å². The second-order valence-corrected chi connectivity index (χ2v) is 7.68. The lowest BCUT2D eigenvalue weighted by Gasteiger charge is -2.16. The van der Waals surface area contributed by atoms with Crippen molar-refractivity contribution in [2.75, 3.05) is 6.61 Å². The van der Waals surface area contributed by atoms with Crippen LogP contribution in [-0.2, 0) is 14.9 Å². The van der Waals surface area contributed by atoms with Crippen molar-refractivity contribution in [2.24, 2.45) is 5.92 Å². The summed E-state index contributed by atoms with van der Waals surface area (Å²) in [6, 6.07) is 12.5. The van der Waals surface area contributed by atoms with Crippen molar-refractivity contribution >= 4 is 5.97 Å². The topological polar surface area (TPSA) is 56.5 Å². The second kappa shape index (κ2) is 9.22. The van der Waals surface area contributed by atoms with E-state index in [1.54, 1.807) is 0 Å². The Balaban J connectivity index is 1.85. The Morgan fingerprint density at radius 1 is 1.11 bits per heavy atom. The number of esters is 1. The lowest BCUT2D eigenvalue weighted by molar-refractivity contribution is -0.147. The van der Waals surface area contributed by atoms with E-state index in [1.165, 1.54) is 37.8 Å². The molecule has 0 amide bonds. The number of rotatable bonds is 10. The summed E-state index contributed by atoms with van der Waals surface area (Å²) in [6.45, 7) is 4.34. The molecule has 4 nitrogen and oxygen atoms in total. The van der Waals surface area contributed by atoms with Gasteiger partial charge in [-0.1, -0.05) is 69.4 Å². The number of benzene rings is 1. The highest BCUT2D eigenvalue weighted by molar-refractivity contribution is 5.86. The normalized spacial score (nSPS) is 20.7. The van der Waals surface area contributed by atoms with Gasteiger partial charge in [0.1, 0.15) is 16.9 Å². The summed E-state index contributed by atoms with van der Waals surface area (Å²) >= 11 is 0. The maximum absolute atomic E-state index is 12.8. The molecule has 0 aliphatic heterocycles. The summed E-state index contributed by atoms with van der Waals surface area (Å²) < 4.78 is 11.5. The van der Waals surface area contributed by atoms with Gasteiger partial charge in [0.2, 0.25) is 0 Å². The van der Waals surface area contributed by atoms with E-state index in [4.69, 9.17) is 9.15 Å². The Bertz CT molecular complexity index is 839. The molecular formula is C24H30O4. The van der Waals surface area contributed by atoms with Crippen LogP contribution in [0.15, 0.2) is 51.7 Å². The third kappa shape index (κ3) is 4.37. The van der Waals surface area contributed by atoms with E-state index >= 15 is 0 Å². The van der Waals surface area contributed by atoms with Gasteiger partial charge >= 0.3 is 5.97 Å². The zero-order valence-electron chi connectivity index (χ0n) is 16.9. The van der Waals surface area contributed by atoms with E-state index in [2.05, 4.69) is 6.92 Å². The molecule has 3 rings (SSSR count). The van der Waals surface area contributed by atoms with Crippen molar-refractivity contribution in [2.45, 2.75) is 64.2 Å². The zero-order chi connectivity index (χ0) is 20.0. The summed E-state index contributed by atoms with van der Waals surface area (Å²) in [5, 5.41) is 0. The maximum atomic E-state index is 12.8. The molecule has 2 aromatic rings. The van der Waals surface area contributed by atoms with Crippen LogP contribution in [0, 0.1) is 5.92 Å². The summed E-state index contributed by atoms with van der Waals surface area (Å²) in [7, 11) is 0. The standard InChI is InChI=1S/C24H30O4/c1-3-5-6-7-11-14-19-17-24(19,23(26)27-4-2)22-16-20(25)15-21(28-22)18-12-9-8-10-13-18/h8-10,12-13,15-16,19H,3-7,11,14,17H2,1-2H3/t19-,24-/m1/s1. The van der Waals surface area contributed by atoms with Crippen LogP contribution in [0.5, 0.6) is 0 Å². The van der Waals surface area contributed by atoms with Gasteiger partial charge in [-0.25, -0.2) is 0 Å². The maximum Gasteiger partial charge on any atom is 0.320 e. The number of ether oxygens (including phenoxy) is 1. The molecule has 1 heterocycles. The SMILES string of the molecule is CCCCCCC[C@@H]1C[C@]1(C(=O)OCC)c1cc(=O)cc(-c2ccccc2)o1. The molecule has 1 aromatic carbocycles. The summed E-state index contributed by atoms with van der Waals surface area (Å²) in [6.07, 6.45) is 7.62. The molecule has 0 unspecified atom stereocenters. The lowest BCUT2D eigenvalue weighted by atomic mass is 9.96. The first kappa shape index (κ1) is 20.4. The molecule has 0 radical (unpaired) electrons. The predicted octanol–water partition coefficient (Wildman–Crippen LogP) is 5.49. The molecule has 1 fully saturated rings. The monoisotopic (exact) mass is 382 g/mol. The quantitative estimate of drug-likeness (QED) is 0.403. The molecule has 1 aliphatic carbocycles. The van der Waals surface area contributed by atoms with Gasteiger partial charge in [-0.3, -0.25) is 9.59 Å². The minimum Gasteiger partial charge on any atom is -0.465 e. The summed E-state index contributed by atoms with van der Waals surface area (Å²) in [4.78, 5) is 25.2. The number of carbonyl (C=O) groups excluding carboxylic acids is 1. The molecule has 1 aromatic heterocycles. The Kier molecular flexibility index (Phi) is 6.71. The van der Waals surface area contributed by atoms with Crippen LogP contribution in [0.4, 0.5) is 0 Å². The van der Waals surface area contributed by atoms with Crippen molar-refractivity contribution in [3.05, 3.63) is 58.4 Å². The number of unbranched alkanes of at least 4 members (excludes halogenated alkanes) is 4. The fraction of sp³-hybridized carbons (Fsp3) is 0.500. The third-order valence-electron chi connectivity index (χ3n) is 5.67. The zero-order valence-corrected chi connectivity index (χ0v) is 16.9. The third-order valence-corrected chi connectivity index (χ3v) is 5.67. The molecule has 2 atom stereocenters. The van der Waals surface area contributed by atoms with Gasteiger partial charge in [-0.15, -0.1) is 0 Å². The van der Waals surface area contributed by atoms with E-state index in [-0.39, 0.29) is 17.3 Å². The van der Waals surface area contributed by atoms with Gasteiger partial charge in [-0.2, -0.15) is 0 Å². The van der Waals surface area contributed by atoms with E-state index in [0.29, 0.717) is 24.5 Å². The van der Waals surface area contributed by atoms with E-state index < -0.39 is 5.41 Å². The van der Waals surface area contributed by atoms with Gasteiger partial charge in [0.15, 0.2) is 5.43 Å². The van der Waals surface area contributed by atoms with Crippen LogP contribution < -0.4 is 5.43 Å². The van der Waals surface area contributed by atoms with Crippen molar-refractivity contribution in [3.63, 3.8) is 0 Å². The number of hydrogen-bond acceptors (Lipinski definition) is 4. The smallest absolute Gasteiger partial charge is 0.320 e. The minimum absolute atomic E-state index is 0.141. The Hall–Kier alpha value is -2.36. The molecule has 0 bridgehead atoms. The highest BCUT2D eigenvalue weighted by Gasteiger charge is 2.64. The molecule has 1 aliphatic rings. The van der Waals surface area contributed by atoms with Crippen molar-refractivity contribution in [1.82, 2.24) is 0 Å². The first-order chi connectivity index (χ1) is 13.6. The highest BCUT2D eigenvalue weighted by atomic mass is 16.5. The van der Waals surface area contributed by atoms with E-state index in [1.807, 2.05) is 37.3 Å². The Morgan fingerprint density at radius 2 is 1.86 bits per heavy atom. The molecule has 1 saturated carbocycles. The van der Waals surface area contributed by atoms with Gasteiger partial charge in [-0.05, 0) is 25.7 Å². The second-order valence-electron chi connectivity index (χ2n) is 7.68. The number of hydrogen-bond donors (Lipinski definition) is 0. The average molecular weight is 383 g/mol. The van der Waals surface area contributed by atoms with Gasteiger partial charge in [0, 0.05) is 17.7 Å². The van der Waals surface area contributed by atoms with Crippen LogP contribution in [0.2, 0.25) is 0 Å². The Morgan fingerprint density at radius 3 is 2.57 bits per heavy atom. The van der Waals surface area contributed by atoms with Crippen LogP contribution in [0.1, 0.15) is 64.6 Å². The minimum atomic E-state index is -0.801. The number of carbonyl (C=O) groups is 1. The van der Waals surface area contributed by atoms with Gasteiger partial charge in [0.25, 0.3) is 0 Å².